The summed E-state index contributed by atoms with van der Waals surface area (Å²) < 4.78 is 5.54. The van der Waals surface area contributed by atoms with Gasteiger partial charge in [-0.1, -0.05) is 30.3 Å². The summed E-state index contributed by atoms with van der Waals surface area (Å²) in [7, 11) is 0. The Morgan fingerprint density at radius 1 is 1.06 bits per heavy atom. The number of nitrogen functional groups attached to an aromatic ring is 1. The first-order valence-corrected chi connectivity index (χ1v) is 12.4. The maximum Gasteiger partial charge on any atom is 0.410 e. The number of nitrogens with zero attached hydrogens (tertiary/aromatic N) is 5. The number of aromatic amines is 1. The zero-order chi connectivity index (χ0) is 25.4. The maximum absolute atomic E-state index is 14.0. The first-order chi connectivity index (χ1) is 17.2. The fraction of sp³-hybridized carbons (Fsp3) is 0.462. The van der Waals surface area contributed by atoms with Crippen LogP contribution in [-0.4, -0.2) is 80.2 Å². The normalized spacial score (nSPS) is 17.6. The Bertz CT molecular complexity index is 1260. The van der Waals surface area contributed by atoms with Crippen molar-refractivity contribution in [2.45, 2.75) is 45.4 Å². The molecule has 1 atom stereocenters. The van der Waals surface area contributed by atoms with E-state index in [4.69, 9.17) is 10.5 Å². The molecule has 5 rings (SSSR count). The van der Waals surface area contributed by atoms with E-state index < -0.39 is 11.6 Å². The van der Waals surface area contributed by atoms with E-state index in [1.807, 2.05) is 62.2 Å². The van der Waals surface area contributed by atoms with Crippen molar-refractivity contribution in [3.8, 4) is 0 Å². The molecule has 3 N–H and O–H groups in total. The van der Waals surface area contributed by atoms with Gasteiger partial charge >= 0.3 is 6.09 Å². The van der Waals surface area contributed by atoms with Crippen LogP contribution in [0.1, 0.15) is 43.5 Å². The molecular formula is C26H33N7O3. The van der Waals surface area contributed by atoms with Crippen molar-refractivity contribution >= 4 is 28.9 Å². The molecule has 10 nitrogen and oxygen atoms in total. The fourth-order valence-corrected chi connectivity index (χ4v) is 5.07. The minimum Gasteiger partial charge on any atom is -0.444 e. The summed E-state index contributed by atoms with van der Waals surface area (Å²) in [6.07, 6.45) is 2.19. The molecule has 190 valence electrons. The Balaban J connectivity index is 1.35. The molecule has 1 fully saturated rings. The van der Waals surface area contributed by atoms with Crippen molar-refractivity contribution in [3.05, 3.63) is 53.2 Å². The molecule has 2 aliphatic rings. The highest BCUT2D eigenvalue weighted by atomic mass is 16.6. The van der Waals surface area contributed by atoms with Crippen molar-refractivity contribution in [3.63, 3.8) is 0 Å². The summed E-state index contributed by atoms with van der Waals surface area (Å²) in [5, 5.41) is 7.82. The summed E-state index contributed by atoms with van der Waals surface area (Å²) in [6, 6.07) is 9.44. The predicted molar refractivity (Wildman–Crippen MR) is 136 cm³/mol. The second-order valence-corrected chi connectivity index (χ2v) is 10.4. The van der Waals surface area contributed by atoms with Crippen LogP contribution in [0.3, 0.4) is 0 Å². The number of rotatable bonds is 3. The molecule has 2 amide bonds. The topological polar surface area (TPSA) is 121 Å². The Kier molecular flexibility index (Phi) is 6.29. The molecule has 3 aromatic rings. The van der Waals surface area contributed by atoms with Gasteiger partial charge in [-0.15, -0.1) is 0 Å². The van der Waals surface area contributed by atoms with Gasteiger partial charge < -0.3 is 20.3 Å². The lowest BCUT2D eigenvalue weighted by Gasteiger charge is -2.41. The predicted octanol–water partition coefficient (Wildman–Crippen LogP) is 2.72. The Hall–Kier alpha value is -3.66. The number of ether oxygens (including phenoxy) is 1. The summed E-state index contributed by atoms with van der Waals surface area (Å²) in [5.74, 6) is 0.497. The number of pyridine rings is 1. The third-order valence-electron chi connectivity index (χ3n) is 6.80. The highest BCUT2D eigenvalue weighted by molar-refractivity contribution is 5.91. The van der Waals surface area contributed by atoms with Crippen molar-refractivity contribution in [2.24, 2.45) is 0 Å². The number of nitrogens with two attached hydrogens (primary N) is 1. The van der Waals surface area contributed by atoms with E-state index in [1.54, 1.807) is 4.90 Å². The van der Waals surface area contributed by atoms with Gasteiger partial charge in [0.15, 0.2) is 11.5 Å². The van der Waals surface area contributed by atoms with E-state index in [1.165, 1.54) is 0 Å². The molecule has 2 aromatic heterocycles. The molecule has 2 aliphatic heterocycles. The molecular weight excluding hydrogens is 458 g/mol. The molecule has 0 aliphatic carbocycles. The second-order valence-electron chi connectivity index (χ2n) is 10.4. The molecule has 4 heterocycles. The number of carbonyl (C=O) groups is 2. The van der Waals surface area contributed by atoms with Crippen LogP contribution in [0.25, 0.3) is 11.0 Å². The van der Waals surface area contributed by atoms with Crippen LogP contribution in [0.2, 0.25) is 0 Å². The van der Waals surface area contributed by atoms with Crippen LogP contribution >= 0.6 is 0 Å². The third kappa shape index (κ3) is 4.73. The Morgan fingerprint density at radius 2 is 1.78 bits per heavy atom. The lowest BCUT2D eigenvalue weighted by atomic mass is 9.96. The van der Waals surface area contributed by atoms with Crippen molar-refractivity contribution in [2.75, 3.05) is 38.5 Å². The Labute approximate surface area is 210 Å². The molecule has 1 aromatic carbocycles. The number of carbonyl (C=O) groups excluding carboxylic acids is 2. The monoisotopic (exact) mass is 491 g/mol. The smallest absolute Gasteiger partial charge is 0.410 e. The van der Waals surface area contributed by atoms with Gasteiger partial charge in [0, 0.05) is 45.5 Å². The molecule has 10 heteroatoms. The van der Waals surface area contributed by atoms with E-state index in [2.05, 4.69) is 20.1 Å². The first kappa shape index (κ1) is 24.1. The largest absolute Gasteiger partial charge is 0.444 e. The van der Waals surface area contributed by atoms with E-state index in [0.29, 0.717) is 57.2 Å². The quantitative estimate of drug-likeness (QED) is 0.578. The van der Waals surface area contributed by atoms with E-state index in [-0.39, 0.29) is 12.0 Å². The van der Waals surface area contributed by atoms with E-state index in [9.17, 15) is 9.59 Å². The second kappa shape index (κ2) is 9.42. The SMILES string of the molecule is CC(C)(C)OC(=O)N1CCN(C(C(=O)N2CCc3c(cnc4[nH]nc(N)c34)C2)c2ccccc2)CC1. The van der Waals surface area contributed by atoms with Crippen molar-refractivity contribution < 1.29 is 14.3 Å². The number of benzene rings is 1. The number of hydrogen-bond acceptors (Lipinski definition) is 7. The average molecular weight is 492 g/mol. The van der Waals surface area contributed by atoms with Gasteiger partial charge in [-0.3, -0.25) is 14.8 Å². The zero-order valence-electron chi connectivity index (χ0n) is 21.0. The summed E-state index contributed by atoms with van der Waals surface area (Å²) >= 11 is 0. The maximum atomic E-state index is 14.0. The van der Waals surface area contributed by atoms with Crippen LogP contribution in [0.4, 0.5) is 10.6 Å². The number of nitrogens with one attached hydrogen (secondary N) is 1. The lowest BCUT2D eigenvalue weighted by Crippen LogP contribution is -2.54. The molecule has 1 unspecified atom stereocenters. The molecule has 0 spiro atoms. The number of amides is 2. The van der Waals surface area contributed by atoms with Gasteiger partial charge in [0.05, 0.1) is 5.39 Å². The van der Waals surface area contributed by atoms with E-state index >= 15 is 0 Å². The van der Waals surface area contributed by atoms with Crippen LogP contribution in [0.15, 0.2) is 36.5 Å². The van der Waals surface area contributed by atoms with Crippen LogP contribution in [0.5, 0.6) is 0 Å². The van der Waals surface area contributed by atoms with Gasteiger partial charge in [-0.2, -0.15) is 5.10 Å². The van der Waals surface area contributed by atoms with Crippen molar-refractivity contribution in [1.29, 1.82) is 0 Å². The number of fused-ring (bicyclic) bond motifs is 3. The highest BCUT2D eigenvalue weighted by Gasteiger charge is 2.36. The Morgan fingerprint density at radius 3 is 2.47 bits per heavy atom. The third-order valence-corrected chi connectivity index (χ3v) is 6.80. The van der Waals surface area contributed by atoms with Crippen molar-refractivity contribution in [1.82, 2.24) is 29.9 Å². The summed E-state index contributed by atoms with van der Waals surface area (Å²) in [5.41, 5.74) is 9.27. The minimum atomic E-state index is -0.539. The van der Waals surface area contributed by atoms with Gasteiger partial charge in [-0.25, -0.2) is 9.78 Å². The molecule has 36 heavy (non-hydrogen) atoms. The first-order valence-electron chi connectivity index (χ1n) is 12.4. The zero-order valence-corrected chi connectivity index (χ0v) is 21.0. The number of hydrogen-bond donors (Lipinski definition) is 2. The summed E-state index contributed by atoms with van der Waals surface area (Å²) in [6.45, 7) is 8.85. The molecule has 0 bridgehead atoms. The van der Waals surface area contributed by atoms with Gasteiger partial charge in [-0.05, 0) is 43.9 Å². The van der Waals surface area contributed by atoms with E-state index in [0.717, 1.165) is 22.1 Å². The van der Waals surface area contributed by atoms with Gasteiger partial charge in [0.25, 0.3) is 0 Å². The van der Waals surface area contributed by atoms with Crippen LogP contribution in [-0.2, 0) is 22.5 Å². The molecule has 0 saturated carbocycles. The lowest BCUT2D eigenvalue weighted by molar-refractivity contribution is -0.139. The number of piperazine rings is 1. The molecule has 1 saturated heterocycles. The number of H-pyrrole nitrogens is 1. The van der Waals surface area contributed by atoms with Gasteiger partial charge in [0.1, 0.15) is 11.6 Å². The fourth-order valence-electron chi connectivity index (χ4n) is 5.07. The van der Waals surface area contributed by atoms with Gasteiger partial charge in [0.2, 0.25) is 5.91 Å². The average Bonchev–Trinajstić information content (AvgIpc) is 3.25. The highest BCUT2D eigenvalue weighted by Crippen LogP contribution is 2.31. The summed E-state index contributed by atoms with van der Waals surface area (Å²) in [4.78, 5) is 36.8. The van der Waals surface area contributed by atoms with Crippen LogP contribution < -0.4 is 5.73 Å². The standard InChI is InChI=1S/C26H33N7O3/c1-26(2,3)36-25(35)32-13-11-31(12-14-32)21(17-7-5-4-6-8-17)24(34)33-10-9-19-18(16-33)15-28-23-20(19)22(27)29-30-23/h4-8,15,21H,9-14,16H2,1-3H3,(H3,27,28,29,30). The number of aromatic nitrogens is 3. The van der Waals surface area contributed by atoms with Crippen LogP contribution in [0, 0.1) is 0 Å². The number of anilines is 1. The molecule has 0 radical (unpaired) electrons. The minimum absolute atomic E-state index is 0.0535.